The molecule has 0 bridgehead atoms. The van der Waals surface area contributed by atoms with Gasteiger partial charge in [-0.05, 0) is 26.8 Å². The third kappa shape index (κ3) is 2.26. The van der Waals surface area contributed by atoms with Gasteiger partial charge in [-0.1, -0.05) is 0 Å². The first-order valence-electron chi connectivity index (χ1n) is 3.65. The van der Waals surface area contributed by atoms with Gasteiger partial charge >= 0.3 is 6.09 Å². The molecule has 1 aliphatic heterocycles. The number of hydrogen-bond acceptors (Lipinski definition) is 2. The van der Waals surface area contributed by atoms with Crippen molar-refractivity contribution in [3.8, 4) is 0 Å². The van der Waals surface area contributed by atoms with Crippen LogP contribution in [0.3, 0.4) is 0 Å². The summed E-state index contributed by atoms with van der Waals surface area (Å²) in [7, 11) is 0. The third-order valence-corrected chi connectivity index (χ3v) is 1.22. The Balaban J connectivity index is 2.38. The Morgan fingerprint density at radius 2 is 2.09 bits per heavy atom. The van der Waals surface area contributed by atoms with Gasteiger partial charge in [0, 0.05) is 12.7 Å². The van der Waals surface area contributed by atoms with Gasteiger partial charge in [0.15, 0.2) is 0 Å². The van der Waals surface area contributed by atoms with Crippen molar-refractivity contribution in [2.45, 2.75) is 26.4 Å². The first-order valence-corrected chi connectivity index (χ1v) is 3.65. The average molecular weight is 155 g/mol. The van der Waals surface area contributed by atoms with Crippen molar-refractivity contribution in [1.29, 1.82) is 0 Å². The molecule has 1 heterocycles. The summed E-state index contributed by atoms with van der Waals surface area (Å²) in [6.45, 7) is 6.24. The lowest BCUT2D eigenvalue weighted by Gasteiger charge is -2.27. The van der Waals surface area contributed by atoms with Crippen LogP contribution in [0.5, 0.6) is 0 Å². The molecule has 1 amide bonds. The van der Waals surface area contributed by atoms with Crippen molar-refractivity contribution < 1.29 is 9.53 Å². The predicted octanol–water partition coefficient (Wildman–Crippen LogP) is 1.75. The van der Waals surface area contributed by atoms with Gasteiger partial charge in [0.1, 0.15) is 5.60 Å². The first kappa shape index (κ1) is 8.11. The molecule has 0 fully saturated rings. The van der Waals surface area contributed by atoms with E-state index in [1.807, 2.05) is 26.8 Å². The fraction of sp³-hybridized carbons (Fsp3) is 0.625. The summed E-state index contributed by atoms with van der Waals surface area (Å²) in [5, 5.41) is 0. The van der Waals surface area contributed by atoms with Crippen LogP contribution in [0.15, 0.2) is 12.3 Å². The topological polar surface area (TPSA) is 29.5 Å². The molecule has 0 saturated heterocycles. The SMILES string of the molecule is CC(C)(C)OC(=O)N1C=CC1. The summed E-state index contributed by atoms with van der Waals surface area (Å²) in [4.78, 5) is 12.6. The van der Waals surface area contributed by atoms with E-state index < -0.39 is 0 Å². The molecule has 3 heteroatoms. The molecule has 0 spiro atoms. The number of carbonyl (C=O) groups is 1. The number of ether oxygens (including phenoxy) is 1. The zero-order valence-electron chi connectivity index (χ0n) is 7.13. The molecule has 0 atom stereocenters. The van der Waals surface area contributed by atoms with Crippen LogP contribution >= 0.6 is 0 Å². The zero-order valence-corrected chi connectivity index (χ0v) is 7.13. The molecule has 11 heavy (non-hydrogen) atoms. The lowest BCUT2D eigenvalue weighted by molar-refractivity contribution is 0.0327. The van der Waals surface area contributed by atoms with E-state index in [2.05, 4.69) is 0 Å². The van der Waals surface area contributed by atoms with E-state index in [-0.39, 0.29) is 11.7 Å². The molecular formula is C8H13NO2. The quantitative estimate of drug-likeness (QED) is 0.533. The van der Waals surface area contributed by atoms with Crippen LogP contribution in [0.1, 0.15) is 20.8 Å². The largest absolute Gasteiger partial charge is 0.443 e. The summed E-state index contributed by atoms with van der Waals surface area (Å²) in [6, 6.07) is 0. The predicted molar refractivity (Wildman–Crippen MR) is 42.1 cm³/mol. The van der Waals surface area contributed by atoms with Crippen molar-refractivity contribution >= 4 is 6.09 Å². The van der Waals surface area contributed by atoms with Crippen molar-refractivity contribution in [2.75, 3.05) is 6.54 Å². The fourth-order valence-electron chi connectivity index (χ4n) is 0.667. The van der Waals surface area contributed by atoms with Crippen LogP contribution in [-0.2, 0) is 4.74 Å². The van der Waals surface area contributed by atoms with Crippen molar-refractivity contribution in [3.05, 3.63) is 12.3 Å². The molecule has 1 aliphatic rings. The molecule has 0 radical (unpaired) electrons. The Morgan fingerprint density at radius 1 is 1.55 bits per heavy atom. The van der Waals surface area contributed by atoms with Gasteiger partial charge < -0.3 is 4.74 Å². The highest BCUT2D eigenvalue weighted by Crippen LogP contribution is 2.12. The molecule has 0 aromatic carbocycles. The molecule has 0 unspecified atom stereocenters. The molecule has 1 rings (SSSR count). The summed E-state index contributed by atoms with van der Waals surface area (Å²) in [5.41, 5.74) is -0.388. The van der Waals surface area contributed by atoms with Crippen LogP contribution < -0.4 is 0 Å². The molecule has 3 nitrogen and oxygen atoms in total. The van der Waals surface area contributed by atoms with Gasteiger partial charge in [0.2, 0.25) is 0 Å². The van der Waals surface area contributed by atoms with Crippen LogP contribution in [0.25, 0.3) is 0 Å². The van der Waals surface area contributed by atoms with Gasteiger partial charge in [-0.25, -0.2) is 4.79 Å². The number of nitrogens with zero attached hydrogens (tertiary/aromatic N) is 1. The minimum atomic E-state index is -0.388. The van der Waals surface area contributed by atoms with Gasteiger partial charge in [-0.2, -0.15) is 0 Å². The van der Waals surface area contributed by atoms with Gasteiger partial charge in [-0.15, -0.1) is 0 Å². The molecular weight excluding hydrogens is 142 g/mol. The molecule has 0 aromatic heterocycles. The Kier molecular flexibility index (Phi) is 1.89. The maximum absolute atomic E-state index is 11.1. The maximum Gasteiger partial charge on any atom is 0.414 e. The van der Waals surface area contributed by atoms with Crippen molar-refractivity contribution in [1.82, 2.24) is 4.90 Å². The summed E-state index contributed by atoms with van der Waals surface area (Å²) in [6.07, 6.45) is 3.36. The van der Waals surface area contributed by atoms with Gasteiger partial charge in [0.25, 0.3) is 0 Å². The number of amides is 1. The summed E-state index contributed by atoms with van der Waals surface area (Å²) in [5.74, 6) is 0. The Labute approximate surface area is 66.6 Å². The highest BCUT2D eigenvalue weighted by Gasteiger charge is 2.22. The monoisotopic (exact) mass is 155 g/mol. The van der Waals surface area contributed by atoms with Crippen LogP contribution in [-0.4, -0.2) is 23.1 Å². The van der Waals surface area contributed by atoms with E-state index in [9.17, 15) is 4.79 Å². The molecule has 62 valence electrons. The number of hydrogen-bond donors (Lipinski definition) is 0. The van der Waals surface area contributed by atoms with Crippen molar-refractivity contribution in [2.24, 2.45) is 0 Å². The summed E-state index contributed by atoms with van der Waals surface area (Å²) < 4.78 is 5.08. The first-order chi connectivity index (χ1) is 4.99. The maximum atomic E-state index is 11.1. The minimum absolute atomic E-state index is 0.264. The summed E-state index contributed by atoms with van der Waals surface area (Å²) >= 11 is 0. The van der Waals surface area contributed by atoms with Crippen LogP contribution in [0.2, 0.25) is 0 Å². The number of carbonyl (C=O) groups excluding carboxylic acids is 1. The highest BCUT2D eigenvalue weighted by atomic mass is 16.6. The molecule has 0 saturated carbocycles. The van der Waals surface area contributed by atoms with E-state index >= 15 is 0 Å². The standard InChI is InChI=1S/C8H13NO2/c1-8(2,3)11-7(10)9-5-4-6-9/h4-5H,6H2,1-3H3. The van der Waals surface area contributed by atoms with E-state index in [4.69, 9.17) is 4.74 Å². The van der Waals surface area contributed by atoms with E-state index in [0.29, 0.717) is 6.54 Å². The molecule has 0 aliphatic carbocycles. The van der Waals surface area contributed by atoms with E-state index in [1.54, 1.807) is 6.20 Å². The zero-order chi connectivity index (χ0) is 8.48. The lowest BCUT2D eigenvalue weighted by atomic mass is 10.2. The second kappa shape index (κ2) is 2.57. The number of rotatable bonds is 0. The normalized spacial score (nSPS) is 16.1. The molecule has 0 aromatic rings. The van der Waals surface area contributed by atoms with E-state index in [0.717, 1.165) is 0 Å². The Hall–Kier alpha value is -0.990. The Bertz CT molecular complexity index is 191. The van der Waals surface area contributed by atoms with E-state index in [1.165, 1.54) is 4.90 Å². The second-order valence-electron chi connectivity index (χ2n) is 3.52. The smallest absolute Gasteiger partial charge is 0.414 e. The molecule has 0 N–H and O–H groups in total. The van der Waals surface area contributed by atoms with Gasteiger partial charge in [-0.3, -0.25) is 4.90 Å². The average Bonchev–Trinajstić information content (AvgIpc) is 1.50. The van der Waals surface area contributed by atoms with Crippen molar-refractivity contribution in [3.63, 3.8) is 0 Å². The van der Waals surface area contributed by atoms with Crippen LogP contribution in [0, 0.1) is 0 Å². The Morgan fingerprint density at radius 3 is 2.36 bits per heavy atom. The van der Waals surface area contributed by atoms with Crippen LogP contribution in [0.4, 0.5) is 4.79 Å². The second-order valence-corrected chi connectivity index (χ2v) is 3.52. The fourth-order valence-corrected chi connectivity index (χ4v) is 0.667. The van der Waals surface area contributed by atoms with Gasteiger partial charge in [0.05, 0.1) is 0 Å². The highest BCUT2D eigenvalue weighted by molar-refractivity contribution is 5.70. The lowest BCUT2D eigenvalue weighted by Crippen LogP contribution is -2.37. The minimum Gasteiger partial charge on any atom is -0.443 e. The third-order valence-electron chi connectivity index (χ3n) is 1.22.